The van der Waals surface area contributed by atoms with Crippen molar-refractivity contribution in [3.8, 4) is 0 Å². The van der Waals surface area contributed by atoms with Crippen LogP contribution < -0.4 is 0 Å². The lowest BCUT2D eigenvalue weighted by atomic mass is 9.54. The van der Waals surface area contributed by atoms with Crippen molar-refractivity contribution < 1.29 is 23.9 Å². The Kier molecular flexibility index (Phi) is 5.56. The first-order valence-electron chi connectivity index (χ1n) is 10.3. The fourth-order valence-electron chi connectivity index (χ4n) is 5.61. The fraction of sp³-hybridized carbons (Fsp3) is 0.435. The minimum Gasteiger partial charge on any atom is -0.468 e. The number of rotatable bonds is 4. The van der Waals surface area contributed by atoms with Crippen molar-refractivity contribution in [3.05, 3.63) is 60.2 Å². The number of carbonyl (C=O) groups is 3. The number of ether oxygens (including phenoxy) is 2. The van der Waals surface area contributed by atoms with Crippen molar-refractivity contribution in [2.24, 2.45) is 10.8 Å². The van der Waals surface area contributed by atoms with Crippen molar-refractivity contribution in [3.63, 3.8) is 0 Å². The number of fused-ring (bicyclic) bond motifs is 2. The van der Waals surface area contributed by atoms with E-state index in [2.05, 4.69) is 9.97 Å². The van der Waals surface area contributed by atoms with Crippen LogP contribution in [-0.2, 0) is 23.9 Å². The highest BCUT2D eigenvalue weighted by atomic mass is 16.5. The molecule has 2 fully saturated rings. The number of aromatic nitrogens is 2. The normalized spacial score (nSPS) is 30.6. The van der Waals surface area contributed by atoms with E-state index < -0.39 is 40.6 Å². The number of hydrogen-bond donors (Lipinski definition) is 0. The topological polar surface area (TPSA) is 102 Å². The molecule has 2 aliphatic rings. The van der Waals surface area contributed by atoms with Gasteiger partial charge in [0.25, 0.3) is 0 Å². The van der Waals surface area contributed by atoms with Gasteiger partial charge in [-0.15, -0.1) is 0 Å². The van der Waals surface area contributed by atoms with E-state index in [4.69, 9.17) is 9.47 Å². The summed E-state index contributed by atoms with van der Waals surface area (Å²) in [6.07, 6.45) is 3.23. The highest BCUT2D eigenvalue weighted by Crippen LogP contribution is 2.59. The molecule has 2 unspecified atom stereocenters. The van der Waals surface area contributed by atoms with Gasteiger partial charge in [-0.3, -0.25) is 29.3 Å². The van der Waals surface area contributed by atoms with E-state index in [-0.39, 0.29) is 13.1 Å². The van der Waals surface area contributed by atoms with E-state index in [1.165, 1.54) is 14.2 Å². The second-order valence-corrected chi connectivity index (χ2v) is 8.41. The summed E-state index contributed by atoms with van der Waals surface area (Å²) in [6, 6.07) is 9.11. The van der Waals surface area contributed by atoms with Gasteiger partial charge in [-0.05, 0) is 38.4 Å². The molecule has 32 heavy (non-hydrogen) atoms. The Hall–Kier alpha value is -3.17. The van der Waals surface area contributed by atoms with Crippen LogP contribution in [0.3, 0.4) is 0 Å². The first-order chi connectivity index (χ1) is 15.3. The molecule has 9 heteroatoms. The van der Waals surface area contributed by atoms with Gasteiger partial charge in [-0.1, -0.05) is 12.1 Å². The standard InChI is InChI=1S/C23H26N4O5/c1-26-13-22(20(29)31-3)17(15-9-5-7-11-24-15)27(2)18(16-10-6-8-12-25-16)23(14-26,19(22)28)21(30)32-4/h5-12,17-18H,13-14H2,1-4H3/t17-,18+,22?,23?. The molecule has 0 aliphatic carbocycles. The van der Waals surface area contributed by atoms with Gasteiger partial charge >= 0.3 is 11.9 Å². The number of piperidine rings is 2. The lowest BCUT2D eigenvalue weighted by molar-refractivity contribution is -0.202. The molecule has 4 heterocycles. The smallest absolute Gasteiger partial charge is 0.322 e. The number of likely N-dealkylation sites (tertiary alicyclic amines) is 2. The van der Waals surface area contributed by atoms with Crippen molar-refractivity contribution in [2.45, 2.75) is 12.1 Å². The summed E-state index contributed by atoms with van der Waals surface area (Å²) in [5.41, 5.74) is -2.29. The van der Waals surface area contributed by atoms with Gasteiger partial charge in [0.15, 0.2) is 16.6 Å². The highest BCUT2D eigenvalue weighted by Gasteiger charge is 2.75. The molecule has 2 saturated heterocycles. The Morgan fingerprint density at radius 3 is 1.66 bits per heavy atom. The molecule has 4 atom stereocenters. The Bertz CT molecular complexity index is 954. The Morgan fingerprint density at radius 2 is 1.31 bits per heavy atom. The Labute approximate surface area is 186 Å². The maximum Gasteiger partial charge on any atom is 0.322 e. The number of esters is 2. The Morgan fingerprint density at radius 1 is 0.875 bits per heavy atom. The fourth-order valence-corrected chi connectivity index (χ4v) is 5.61. The van der Waals surface area contributed by atoms with Crippen LogP contribution in [0.5, 0.6) is 0 Å². The third-order valence-electron chi connectivity index (χ3n) is 6.63. The first-order valence-corrected chi connectivity index (χ1v) is 10.3. The quantitative estimate of drug-likeness (QED) is 0.512. The van der Waals surface area contributed by atoms with Crippen molar-refractivity contribution >= 4 is 17.7 Å². The van der Waals surface area contributed by atoms with E-state index in [1.54, 1.807) is 62.9 Å². The molecule has 0 aromatic carbocycles. The van der Waals surface area contributed by atoms with Gasteiger partial charge < -0.3 is 14.4 Å². The SMILES string of the molecule is COC(=O)C12CN(C)CC(C(=O)OC)(C1=O)[C@@H](c1ccccn1)N(C)[C@H]2c1ccccn1. The summed E-state index contributed by atoms with van der Waals surface area (Å²) in [4.78, 5) is 53.8. The average molecular weight is 438 g/mol. The number of pyridine rings is 2. The summed E-state index contributed by atoms with van der Waals surface area (Å²) >= 11 is 0. The summed E-state index contributed by atoms with van der Waals surface area (Å²) in [7, 11) is 6.06. The zero-order valence-electron chi connectivity index (χ0n) is 18.5. The molecule has 2 aliphatic heterocycles. The first kappa shape index (κ1) is 22.0. The number of Topliss-reactive ketones (excluding diaryl/α,β-unsaturated/α-hetero) is 1. The van der Waals surface area contributed by atoms with Crippen LogP contribution in [0.2, 0.25) is 0 Å². The molecule has 2 aromatic heterocycles. The monoisotopic (exact) mass is 438 g/mol. The molecule has 0 amide bonds. The molecule has 9 nitrogen and oxygen atoms in total. The summed E-state index contributed by atoms with van der Waals surface area (Å²) in [6.45, 7) is 0.162. The third-order valence-corrected chi connectivity index (χ3v) is 6.63. The van der Waals surface area contributed by atoms with Gasteiger partial charge in [0.2, 0.25) is 0 Å². The van der Waals surface area contributed by atoms with Crippen molar-refractivity contribution in [2.75, 3.05) is 41.4 Å². The van der Waals surface area contributed by atoms with Crippen LogP contribution in [-0.4, -0.2) is 78.9 Å². The summed E-state index contributed by atoms with van der Waals surface area (Å²) in [5.74, 6) is -1.93. The predicted molar refractivity (Wildman–Crippen MR) is 113 cm³/mol. The van der Waals surface area contributed by atoms with Crippen LogP contribution >= 0.6 is 0 Å². The van der Waals surface area contributed by atoms with Crippen molar-refractivity contribution in [1.29, 1.82) is 0 Å². The number of hydrogen-bond acceptors (Lipinski definition) is 9. The molecular weight excluding hydrogens is 412 g/mol. The summed E-state index contributed by atoms with van der Waals surface area (Å²) < 4.78 is 10.4. The van der Waals surface area contributed by atoms with Crippen LogP contribution in [0.4, 0.5) is 0 Å². The molecule has 168 valence electrons. The third kappa shape index (κ3) is 2.88. The van der Waals surface area contributed by atoms with E-state index in [0.29, 0.717) is 11.4 Å². The van der Waals surface area contributed by atoms with Crippen LogP contribution in [0.15, 0.2) is 48.8 Å². The van der Waals surface area contributed by atoms with E-state index in [0.717, 1.165) is 0 Å². The minimum atomic E-state index is -1.68. The van der Waals surface area contributed by atoms with Gasteiger partial charge in [0, 0.05) is 25.5 Å². The average Bonchev–Trinajstić information content (AvgIpc) is 2.81. The van der Waals surface area contributed by atoms with Gasteiger partial charge in [-0.25, -0.2) is 0 Å². The molecule has 0 saturated carbocycles. The molecule has 0 spiro atoms. The van der Waals surface area contributed by atoms with Gasteiger partial charge in [-0.2, -0.15) is 0 Å². The van der Waals surface area contributed by atoms with E-state index >= 15 is 0 Å². The molecule has 0 radical (unpaired) electrons. The van der Waals surface area contributed by atoms with Crippen LogP contribution in [0.25, 0.3) is 0 Å². The number of ketones is 1. The number of carbonyl (C=O) groups excluding carboxylic acids is 3. The second-order valence-electron chi connectivity index (χ2n) is 8.41. The highest BCUT2D eigenvalue weighted by molar-refractivity contribution is 6.17. The summed E-state index contributed by atoms with van der Waals surface area (Å²) in [5, 5.41) is 0. The maximum atomic E-state index is 14.4. The Balaban J connectivity index is 2.07. The van der Waals surface area contributed by atoms with Gasteiger partial charge in [0.05, 0.1) is 37.7 Å². The van der Waals surface area contributed by atoms with Crippen LogP contribution in [0.1, 0.15) is 23.5 Å². The van der Waals surface area contributed by atoms with Gasteiger partial charge in [0.1, 0.15) is 0 Å². The van der Waals surface area contributed by atoms with E-state index in [1.807, 2.05) is 9.80 Å². The van der Waals surface area contributed by atoms with Crippen molar-refractivity contribution in [1.82, 2.24) is 19.8 Å². The minimum absolute atomic E-state index is 0.0811. The molecular formula is C23H26N4O5. The lowest BCUT2D eigenvalue weighted by Crippen LogP contribution is -2.75. The zero-order valence-corrected chi connectivity index (χ0v) is 18.5. The number of nitrogens with zero attached hydrogens (tertiary/aromatic N) is 4. The largest absolute Gasteiger partial charge is 0.468 e. The molecule has 2 bridgehead atoms. The zero-order chi connectivity index (χ0) is 23.1. The molecule has 4 rings (SSSR count). The molecule has 0 N–H and O–H groups in total. The van der Waals surface area contributed by atoms with E-state index in [9.17, 15) is 14.4 Å². The maximum absolute atomic E-state index is 14.4. The molecule has 2 aromatic rings. The second kappa shape index (κ2) is 8.07. The number of methoxy groups -OCH3 is 2. The lowest BCUT2D eigenvalue weighted by Gasteiger charge is -2.60. The predicted octanol–water partition coefficient (Wildman–Crippen LogP) is 1.04. The van der Waals surface area contributed by atoms with Crippen LogP contribution in [0, 0.1) is 10.8 Å².